The summed E-state index contributed by atoms with van der Waals surface area (Å²) < 4.78 is 0. The molecule has 3 nitrogen and oxygen atoms in total. The van der Waals surface area contributed by atoms with Gasteiger partial charge in [0.15, 0.2) is 0 Å². The minimum absolute atomic E-state index is 0.00590. The molecule has 0 aliphatic carbocycles. The number of anilines is 1. The third-order valence-corrected chi connectivity index (χ3v) is 4.11. The summed E-state index contributed by atoms with van der Waals surface area (Å²) in [7, 11) is 0. The number of nitrogens with one attached hydrogen (secondary N) is 1. The molecule has 0 bridgehead atoms. The summed E-state index contributed by atoms with van der Waals surface area (Å²) in [6.07, 6.45) is 5.56. The summed E-state index contributed by atoms with van der Waals surface area (Å²) in [6.45, 7) is 3.76. The van der Waals surface area contributed by atoms with Crippen LogP contribution in [0, 0.1) is 0 Å². The van der Waals surface area contributed by atoms with E-state index in [1.807, 2.05) is 53.4 Å². The number of urea groups is 1. The Bertz CT molecular complexity index is 583. The Morgan fingerprint density at radius 3 is 2.21 bits per heavy atom. The highest BCUT2D eigenvalue weighted by molar-refractivity contribution is 5.89. The molecule has 2 aromatic carbocycles. The summed E-state index contributed by atoms with van der Waals surface area (Å²) >= 11 is 0. The molecule has 0 spiro atoms. The average Bonchev–Trinajstić information content (AvgIpc) is 2.62. The molecule has 0 fully saturated rings. The monoisotopic (exact) mass is 324 g/mol. The third kappa shape index (κ3) is 6.45. The van der Waals surface area contributed by atoms with Crippen molar-refractivity contribution in [3.8, 4) is 0 Å². The first kappa shape index (κ1) is 18.1. The lowest BCUT2D eigenvalue weighted by Gasteiger charge is -2.23. The number of para-hydroxylation sites is 1. The predicted octanol–water partition coefficient (Wildman–Crippen LogP) is 5.34. The van der Waals surface area contributed by atoms with Crippen LogP contribution in [0.5, 0.6) is 0 Å². The molecule has 0 aliphatic heterocycles. The molecular weight excluding hydrogens is 296 g/mol. The van der Waals surface area contributed by atoms with E-state index < -0.39 is 0 Å². The van der Waals surface area contributed by atoms with Crippen LogP contribution in [0.25, 0.3) is 0 Å². The zero-order valence-corrected chi connectivity index (χ0v) is 14.6. The Hall–Kier alpha value is -2.29. The quantitative estimate of drug-likeness (QED) is 0.620. The van der Waals surface area contributed by atoms with Crippen molar-refractivity contribution in [1.29, 1.82) is 0 Å². The molecule has 0 saturated carbocycles. The second-order valence-electron chi connectivity index (χ2n) is 6.08. The first-order chi connectivity index (χ1) is 11.8. The largest absolute Gasteiger partial charge is 0.324 e. The molecule has 1 N–H and O–H groups in total. The molecule has 0 atom stereocenters. The highest BCUT2D eigenvalue weighted by Gasteiger charge is 2.13. The number of carbonyl (C=O) groups is 1. The van der Waals surface area contributed by atoms with Crippen LogP contribution in [-0.4, -0.2) is 24.0 Å². The summed E-state index contributed by atoms with van der Waals surface area (Å²) in [5.74, 6) is 0. The van der Waals surface area contributed by atoms with E-state index in [0.717, 1.165) is 31.6 Å². The zero-order chi connectivity index (χ0) is 17.0. The molecule has 0 unspecified atom stereocenters. The number of carbonyl (C=O) groups excluding carboxylic acids is 1. The lowest BCUT2D eigenvalue weighted by Crippen LogP contribution is -2.37. The van der Waals surface area contributed by atoms with Gasteiger partial charge in [0.25, 0.3) is 0 Å². The van der Waals surface area contributed by atoms with Gasteiger partial charge in [-0.2, -0.15) is 0 Å². The second-order valence-corrected chi connectivity index (χ2v) is 6.08. The minimum atomic E-state index is -0.00590. The van der Waals surface area contributed by atoms with Gasteiger partial charge in [0.2, 0.25) is 0 Å². The lowest BCUT2D eigenvalue weighted by molar-refractivity contribution is 0.211. The van der Waals surface area contributed by atoms with Crippen molar-refractivity contribution in [2.24, 2.45) is 0 Å². The van der Waals surface area contributed by atoms with Crippen molar-refractivity contribution >= 4 is 11.7 Å². The SMILES string of the molecule is CCCCCCN(CCc1ccccc1)C(=O)Nc1ccccc1. The van der Waals surface area contributed by atoms with Gasteiger partial charge in [-0.3, -0.25) is 0 Å². The molecule has 2 amide bonds. The van der Waals surface area contributed by atoms with Crippen LogP contribution in [0.2, 0.25) is 0 Å². The van der Waals surface area contributed by atoms with Crippen LogP contribution in [0.15, 0.2) is 60.7 Å². The number of hydrogen-bond acceptors (Lipinski definition) is 1. The van der Waals surface area contributed by atoms with Crippen LogP contribution in [0.3, 0.4) is 0 Å². The Morgan fingerprint density at radius 1 is 0.875 bits per heavy atom. The van der Waals surface area contributed by atoms with E-state index in [9.17, 15) is 4.79 Å². The molecule has 0 aliphatic rings. The number of nitrogens with zero attached hydrogens (tertiary/aromatic N) is 1. The number of rotatable bonds is 9. The van der Waals surface area contributed by atoms with Crippen molar-refractivity contribution in [2.45, 2.75) is 39.0 Å². The average molecular weight is 324 g/mol. The summed E-state index contributed by atoms with van der Waals surface area (Å²) in [4.78, 5) is 14.6. The Kier molecular flexibility index (Phi) is 7.88. The topological polar surface area (TPSA) is 32.3 Å². The van der Waals surface area contributed by atoms with Crippen LogP contribution >= 0.6 is 0 Å². The van der Waals surface area contributed by atoms with Gasteiger partial charge in [0.05, 0.1) is 0 Å². The number of unbranched alkanes of at least 4 members (excludes halogenated alkanes) is 3. The summed E-state index contributed by atoms with van der Waals surface area (Å²) in [6, 6.07) is 20.0. The minimum Gasteiger partial charge on any atom is -0.324 e. The predicted molar refractivity (Wildman–Crippen MR) is 101 cm³/mol. The summed E-state index contributed by atoms with van der Waals surface area (Å²) in [5, 5.41) is 3.01. The van der Waals surface area contributed by atoms with E-state index in [1.54, 1.807) is 0 Å². The fraction of sp³-hybridized carbons (Fsp3) is 0.381. The molecule has 2 rings (SSSR count). The maximum Gasteiger partial charge on any atom is 0.321 e. The van der Waals surface area contributed by atoms with Gasteiger partial charge in [-0.15, -0.1) is 0 Å². The second kappa shape index (κ2) is 10.5. The van der Waals surface area contributed by atoms with E-state index in [1.165, 1.54) is 24.8 Å². The lowest BCUT2D eigenvalue weighted by atomic mass is 10.1. The van der Waals surface area contributed by atoms with E-state index in [0.29, 0.717) is 0 Å². The van der Waals surface area contributed by atoms with E-state index >= 15 is 0 Å². The van der Waals surface area contributed by atoms with Gasteiger partial charge < -0.3 is 10.2 Å². The van der Waals surface area contributed by atoms with Crippen LogP contribution < -0.4 is 5.32 Å². The maximum atomic E-state index is 12.6. The molecule has 24 heavy (non-hydrogen) atoms. The van der Waals surface area contributed by atoms with Crippen molar-refractivity contribution < 1.29 is 4.79 Å². The Balaban J connectivity index is 1.91. The molecule has 128 valence electrons. The van der Waals surface area contributed by atoms with Crippen molar-refractivity contribution in [3.63, 3.8) is 0 Å². The first-order valence-electron chi connectivity index (χ1n) is 8.94. The van der Waals surface area contributed by atoms with Gasteiger partial charge in [0.1, 0.15) is 0 Å². The van der Waals surface area contributed by atoms with Gasteiger partial charge in [-0.05, 0) is 30.5 Å². The molecule has 0 heterocycles. The standard InChI is InChI=1S/C21H28N2O/c1-2-3-4-11-17-23(18-16-19-12-7-5-8-13-19)21(24)22-20-14-9-6-10-15-20/h5-10,12-15H,2-4,11,16-18H2,1H3,(H,22,24). The number of amides is 2. The van der Waals surface area contributed by atoms with E-state index in [2.05, 4.69) is 24.4 Å². The fourth-order valence-electron chi connectivity index (χ4n) is 2.68. The number of hydrogen-bond donors (Lipinski definition) is 1. The third-order valence-electron chi connectivity index (χ3n) is 4.11. The van der Waals surface area contributed by atoms with Crippen molar-refractivity contribution in [1.82, 2.24) is 4.90 Å². The molecule has 3 heteroatoms. The van der Waals surface area contributed by atoms with Gasteiger partial charge in [-0.1, -0.05) is 74.7 Å². The number of benzene rings is 2. The van der Waals surface area contributed by atoms with Crippen molar-refractivity contribution in [3.05, 3.63) is 66.2 Å². The molecule has 2 aromatic rings. The normalized spacial score (nSPS) is 10.4. The van der Waals surface area contributed by atoms with Crippen LogP contribution in [0.4, 0.5) is 10.5 Å². The van der Waals surface area contributed by atoms with Crippen molar-refractivity contribution in [2.75, 3.05) is 18.4 Å². The van der Waals surface area contributed by atoms with Gasteiger partial charge >= 0.3 is 6.03 Å². The Morgan fingerprint density at radius 2 is 1.54 bits per heavy atom. The molecular formula is C21H28N2O. The van der Waals surface area contributed by atoms with Gasteiger partial charge in [0, 0.05) is 18.8 Å². The van der Waals surface area contributed by atoms with Crippen LogP contribution in [-0.2, 0) is 6.42 Å². The highest BCUT2D eigenvalue weighted by Crippen LogP contribution is 2.10. The van der Waals surface area contributed by atoms with Gasteiger partial charge in [-0.25, -0.2) is 4.79 Å². The Labute approximate surface area is 145 Å². The molecule has 0 saturated heterocycles. The highest BCUT2D eigenvalue weighted by atomic mass is 16.2. The first-order valence-corrected chi connectivity index (χ1v) is 8.94. The van der Waals surface area contributed by atoms with E-state index in [4.69, 9.17) is 0 Å². The summed E-state index contributed by atoms with van der Waals surface area (Å²) in [5.41, 5.74) is 2.12. The smallest absolute Gasteiger partial charge is 0.321 e. The molecule has 0 radical (unpaired) electrons. The maximum absolute atomic E-state index is 12.6. The van der Waals surface area contributed by atoms with Crippen LogP contribution in [0.1, 0.15) is 38.2 Å². The zero-order valence-electron chi connectivity index (χ0n) is 14.6. The molecule has 0 aromatic heterocycles. The van der Waals surface area contributed by atoms with E-state index in [-0.39, 0.29) is 6.03 Å². The fourth-order valence-corrected chi connectivity index (χ4v) is 2.68.